The Balaban J connectivity index is 0.000000581. The van der Waals surface area contributed by atoms with Crippen LogP contribution in [0.5, 0.6) is 0 Å². The molecule has 0 aromatic carbocycles. The minimum atomic E-state index is 0.716. The molecule has 2 aromatic heterocycles. The minimum Gasteiger partial charge on any atom is -0.381 e. The molecule has 0 saturated carbocycles. The molecule has 4 heterocycles. The summed E-state index contributed by atoms with van der Waals surface area (Å²) in [5.41, 5.74) is 3.50. The van der Waals surface area contributed by atoms with Crippen LogP contribution >= 0.6 is 0 Å². The van der Waals surface area contributed by atoms with Crippen LogP contribution in [0.1, 0.15) is 19.4 Å². The Morgan fingerprint density at radius 2 is 1.95 bits per heavy atom. The first kappa shape index (κ1) is 13.4. The molecule has 108 valence electrons. The van der Waals surface area contributed by atoms with E-state index in [0.717, 1.165) is 32.0 Å². The van der Waals surface area contributed by atoms with Gasteiger partial charge in [0.1, 0.15) is 5.65 Å². The van der Waals surface area contributed by atoms with Gasteiger partial charge in [-0.2, -0.15) is 0 Å². The lowest BCUT2D eigenvalue weighted by Gasteiger charge is -2.19. The highest BCUT2D eigenvalue weighted by molar-refractivity contribution is 5.82. The summed E-state index contributed by atoms with van der Waals surface area (Å²) in [5, 5.41) is 1.24. The Hall–Kier alpha value is -1.55. The fraction of sp³-hybridized carbons (Fsp3) is 0.562. The molecular formula is C16H23N3O. The summed E-state index contributed by atoms with van der Waals surface area (Å²) in [5.74, 6) is 1.43. The van der Waals surface area contributed by atoms with Crippen molar-refractivity contribution >= 4 is 16.7 Å². The molecule has 0 spiro atoms. The Labute approximate surface area is 120 Å². The molecule has 0 aliphatic carbocycles. The van der Waals surface area contributed by atoms with Crippen molar-refractivity contribution in [3.05, 3.63) is 24.0 Å². The van der Waals surface area contributed by atoms with Crippen LogP contribution in [0.3, 0.4) is 0 Å². The number of aromatic nitrogens is 2. The number of pyridine rings is 1. The first-order valence-corrected chi connectivity index (χ1v) is 7.57. The van der Waals surface area contributed by atoms with Crippen LogP contribution in [0.4, 0.5) is 5.69 Å². The quantitative estimate of drug-likeness (QED) is 0.868. The van der Waals surface area contributed by atoms with Gasteiger partial charge in [0, 0.05) is 36.5 Å². The molecule has 4 nitrogen and oxygen atoms in total. The fourth-order valence-corrected chi connectivity index (χ4v) is 3.19. The number of hydrogen-bond donors (Lipinski definition) is 1. The number of nitrogens with one attached hydrogen (secondary N) is 1. The lowest BCUT2D eigenvalue weighted by molar-refractivity contribution is 0.177. The molecule has 2 aliphatic heterocycles. The van der Waals surface area contributed by atoms with E-state index >= 15 is 0 Å². The Morgan fingerprint density at radius 1 is 1.25 bits per heavy atom. The van der Waals surface area contributed by atoms with Crippen molar-refractivity contribution in [3.8, 4) is 0 Å². The van der Waals surface area contributed by atoms with E-state index in [4.69, 9.17) is 4.74 Å². The zero-order valence-electron chi connectivity index (χ0n) is 12.5. The molecule has 1 N–H and O–H groups in total. The molecule has 4 heteroatoms. The van der Waals surface area contributed by atoms with Gasteiger partial charge in [0.25, 0.3) is 0 Å². The number of fused-ring (bicyclic) bond motifs is 2. The molecule has 2 atom stereocenters. The van der Waals surface area contributed by atoms with Gasteiger partial charge >= 0.3 is 0 Å². The maximum Gasteiger partial charge on any atom is 0.137 e. The van der Waals surface area contributed by atoms with E-state index in [1.54, 1.807) is 0 Å². The van der Waals surface area contributed by atoms with Crippen molar-refractivity contribution in [3.63, 3.8) is 0 Å². The molecule has 4 rings (SSSR count). The van der Waals surface area contributed by atoms with Crippen molar-refractivity contribution in [2.75, 3.05) is 31.2 Å². The number of anilines is 1. The monoisotopic (exact) mass is 273 g/mol. The van der Waals surface area contributed by atoms with Gasteiger partial charge in [0.05, 0.1) is 25.1 Å². The largest absolute Gasteiger partial charge is 0.381 e. The third-order valence-corrected chi connectivity index (χ3v) is 4.33. The number of aryl methyl sites for hydroxylation is 1. The SMILES string of the molecule is CC.Cc1c[nH]c2ncc(N3CC4COCC4C3)cc12. The Kier molecular flexibility index (Phi) is 3.66. The van der Waals surface area contributed by atoms with Crippen molar-refractivity contribution in [2.24, 2.45) is 11.8 Å². The maximum atomic E-state index is 5.53. The van der Waals surface area contributed by atoms with Crippen LogP contribution in [0.25, 0.3) is 11.0 Å². The maximum absolute atomic E-state index is 5.53. The topological polar surface area (TPSA) is 41.2 Å². The van der Waals surface area contributed by atoms with Gasteiger partial charge in [-0.15, -0.1) is 0 Å². The van der Waals surface area contributed by atoms with Crippen LogP contribution in [0.15, 0.2) is 18.5 Å². The van der Waals surface area contributed by atoms with Gasteiger partial charge in [-0.25, -0.2) is 4.98 Å². The lowest BCUT2D eigenvalue weighted by Crippen LogP contribution is -2.22. The number of aromatic amines is 1. The first-order valence-electron chi connectivity index (χ1n) is 7.57. The van der Waals surface area contributed by atoms with Gasteiger partial charge in [-0.05, 0) is 18.6 Å². The van der Waals surface area contributed by atoms with E-state index in [1.165, 1.54) is 16.6 Å². The van der Waals surface area contributed by atoms with Crippen molar-refractivity contribution in [1.82, 2.24) is 9.97 Å². The highest BCUT2D eigenvalue weighted by Crippen LogP contribution is 2.33. The van der Waals surface area contributed by atoms with Crippen LogP contribution in [-0.4, -0.2) is 36.3 Å². The van der Waals surface area contributed by atoms with Crippen molar-refractivity contribution in [2.45, 2.75) is 20.8 Å². The molecule has 2 aromatic rings. The van der Waals surface area contributed by atoms with Crippen molar-refractivity contribution in [1.29, 1.82) is 0 Å². The average Bonchev–Trinajstić information content (AvgIpc) is 3.15. The highest BCUT2D eigenvalue weighted by Gasteiger charge is 2.37. The zero-order chi connectivity index (χ0) is 14.1. The third kappa shape index (κ3) is 2.18. The predicted octanol–water partition coefficient (Wildman–Crippen LogP) is 2.98. The van der Waals surface area contributed by atoms with Gasteiger partial charge < -0.3 is 14.6 Å². The standard InChI is InChI=1S/C14H17N3O.C2H6/c1-9-3-15-14-13(9)2-12(4-16-14)17-5-10-7-18-8-11(10)6-17;1-2/h2-4,10-11H,5-8H2,1H3,(H,15,16);1-2H3. The van der Waals surface area contributed by atoms with Crippen LogP contribution < -0.4 is 4.90 Å². The average molecular weight is 273 g/mol. The summed E-state index contributed by atoms with van der Waals surface area (Å²) in [6.07, 6.45) is 4.01. The molecule has 2 saturated heterocycles. The zero-order valence-corrected chi connectivity index (χ0v) is 12.5. The number of ether oxygens (including phenoxy) is 1. The molecule has 0 amide bonds. The summed E-state index contributed by atoms with van der Waals surface area (Å²) < 4.78 is 5.53. The van der Waals surface area contributed by atoms with Crippen LogP contribution in [0.2, 0.25) is 0 Å². The number of H-pyrrole nitrogens is 1. The van der Waals surface area contributed by atoms with E-state index in [2.05, 4.69) is 27.9 Å². The summed E-state index contributed by atoms with van der Waals surface area (Å²) >= 11 is 0. The minimum absolute atomic E-state index is 0.716. The van der Waals surface area contributed by atoms with Crippen molar-refractivity contribution < 1.29 is 4.74 Å². The molecule has 2 aliphatic rings. The number of hydrogen-bond acceptors (Lipinski definition) is 3. The molecule has 2 fully saturated rings. The molecule has 0 bridgehead atoms. The predicted molar refractivity (Wildman–Crippen MR) is 82.2 cm³/mol. The normalized spacial score (nSPS) is 24.6. The molecular weight excluding hydrogens is 250 g/mol. The third-order valence-electron chi connectivity index (χ3n) is 4.33. The van der Waals surface area contributed by atoms with E-state index in [1.807, 2.05) is 26.2 Å². The second kappa shape index (κ2) is 5.44. The summed E-state index contributed by atoms with van der Waals surface area (Å²) in [6, 6.07) is 2.26. The summed E-state index contributed by atoms with van der Waals surface area (Å²) in [7, 11) is 0. The van der Waals surface area contributed by atoms with E-state index in [-0.39, 0.29) is 0 Å². The smallest absolute Gasteiger partial charge is 0.137 e. The van der Waals surface area contributed by atoms with Crippen LogP contribution in [0, 0.1) is 18.8 Å². The Bertz CT molecular complexity index is 580. The summed E-state index contributed by atoms with van der Waals surface area (Å²) in [4.78, 5) is 10.2. The lowest BCUT2D eigenvalue weighted by atomic mass is 10.0. The van der Waals surface area contributed by atoms with E-state index in [0.29, 0.717) is 11.8 Å². The van der Waals surface area contributed by atoms with Gasteiger partial charge in [-0.3, -0.25) is 0 Å². The van der Waals surface area contributed by atoms with Gasteiger partial charge in [-0.1, -0.05) is 13.8 Å². The molecule has 20 heavy (non-hydrogen) atoms. The number of nitrogens with zero attached hydrogens (tertiary/aromatic N) is 2. The van der Waals surface area contributed by atoms with Gasteiger partial charge in [0.15, 0.2) is 0 Å². The first-order chi connectivity index (χ1) is 9.81. The molecule has 2 unspecified atom stereocenters. The fourth-order valence-electron chi connectivity index (χ4n) is 3.19. The Morgan fingerprint density at radius 3 is 2.65 bits per heavy atom. The van der Waals surface area contributed by atoms with Crippen LogP contribution in [-0.2, 0) is 4.74 Å². The highest BCUT2D eigenvalue weighted by atomic mass is 16.5. The second-order valence-corrected chi connectivity index (χ2v) is 5.52. The van der Waals surface area contributed by atoms with E-state index < -0.39 is 0 Å². The number of rotatable bonds is 1. The molecule has 0 radical (unpaired) electrons. The second-order valence-electron chi connectivity index (χ2n) is 5.52. The van der Waals surface area contributed by atoms with Gasteiger partial charge in [0.2, 0.25) is 0 Å². The van der Waals surface area contributed by atoms with E-state index in [9.17, 15) is 0 Å². The summed E-state index contributed by atoms with van der Waals surface area (Å²) in [6.45, 7) is 10.2.